The molecule has 1 unspecified atom stereocenters. The van der Waals surface area contributed by atoms with Gasteiger partial charge in [-0.1, -0.05) is 36.4 Å². The van der Waals surface area contributed by atoms with Crippen molar-refractivity contribution in [3.8, 4) is 0 Å². The van der Waals surface area contributed by atoms with Crippen molar-refractivity contribution in [2.75, 3.05) is 5.32 Å². The van der Waals surface area contributed by atoms with Crippen molar-refractivity contribution in [2.24, 2.45) is 0 Å². The Hall–Kier alpha value is -1.88. The van der Waals surface area contributed by atoms with Crippen molar-refractivity contribution >= 4 is 27.6 Å². The van der Waals surface area contributed by atoms with E-state index < -0.39 is 17.8 Å². The second kappa shape index (κ2) is 5.84. The summed E-state index contributed by atoms with van der Waals surface area (Å²) in [6.07, 6.45) is 0. The maximum absolute atomic E-state index is 13.7. The lowest BCUT2D eigenvalue weighted by Crippen LogP contribution is -2.21. The van der Waals surface area contributed by atoms with Crippen LogP contribution in [0.1, 0.15) is 11.6 Å². The number of aliphatic carboxylic acids is 1. The number of halogens is 2. The van der Waals surface area contributed by atoms with Crippen molar-refractivity contribution in [2.45, 2.75) is 6.04 Å². The monoisotopic (exact) mass is 323 g/mol. The third kappa shape index (κ3) is 3.12. The third-order valence-electron chi connectivity index (χ3n) is 2.63. The van der Waals surface area contributed by atoms with Crippen molar-refractivity contribution in [1.29, 1.82) is 0 Å². The largest absolute Gasteiger partial charge is 0.479 e. The Bertz CT molecular complexity index is 569. The molecule has 1 atom stereocenters. The first-order chi connectivity index (χ1) is 9.09. The van der Waals surface area contributed by atoms with Gasteiger partial charge in [0.05, 0.1) is 5.69 Å². The first-order valence-electron chi connectivity index (χ1n) is 5.58. The summed E-state index contributed by atoms with van der Waals surface area (Å²) in [5.74, 6) is -1.57. The number of benzene rings is 2. The second-order valence-electron chi connectivity index (χ2n) is 3.92. The van der Waals surface area contributed by atoms with Crippen LogP contribution in [-0.4, -0.2) is 11.1 Å². The van der Waals surface area contributed by atoms with Crippen LogP contribution in [0.4, 0.5) is 10.1 Å². The first-order valence-corrected chi connectivity index (χ1v) is 6.37. The Balaban J connectivity index is 2.35. The Morgan fingerprint density at radius 1 is 1.16 bits per heavy atom. The highest BCUT2D eigenvalue weighted by atomic mass is 79.9. The molecule has 2 N–H and O–H groups in total. The summed E-state index contributed by atoms with van der Waals surface area (Å²) in [5, 5.41) is 12.0. The summed E-state index contributed by atoms with van der Waals surface area (Å²) in [5.41, 5.74) is 0.698. The Kier molecular flexibility index (Phi) is 4.16. The average Bonchev–Trinajstić information content (AvgIpc) is 2.39. The van der Waals surface area contributed by atoms with Crippen LogP contribution in [0.5, 0.6) is 0 Å². The molecule has 0 radical (unpaired) electrons. The van der Waals surface area contributed by atoms with E-state index in [0.717, 1.165) is 0 Å². The molecule has 3 nitrogen and oxygen atoms in total. The van der Waals surface area contributed by atoms with E-state index in [1.54, 1.807) is 42.5 Å². The molecule has 0 saturated carbocycles. The zero-order valence-corrected chi connectivity index (χ0v) is 11.4. The van der Waals surface area contributed by atoms with Crippen LogP contribution in [0.25, 0.3) is 0 Å². The van der Waals surface area contributed by atoms with Crippen molar-refractivity contribution in [1.82, 2.24) is 0 Å². The zero-order valence-electron chi connectivity index (χ0n) is 9.81. The normalized spacial score (nSPS) is 11.9. The number of carboxylic acids is 1. The molecular weight excluding hydrogens is 313 g/mol. The van der Waals surface area contributed by atoms with Crippen molar-refractivity contribution in [3.05, 3.63) is 64.4 Å². The highest BCUT2D eigenvalue weighted by Gasteiger charge is 2.21. The van der Waals surface area contributed by atoms with Gasteiger partial charge in [0.1, 0.15) is 5.82 Å². The Morgan fingerprint density at radius 2 is 1.84 bits per heavy atom. The molecule has 98 valence electrons. The Labute approximate surface area is 118 Å². The summed E-state index contributed by atoms with van der Waals surface area (Å²) in [6, 6.07) is 12.1. The van der Waals surface area contributed by atoms with Gasteiger partial charge >= 0.3 is 5.97 Å². The quantitative estimate of drug-likeness (QED) is 0.899. The smallest absolute Gasteiger partial charge is 0.330 e. The molecule has 5 heteroatoms. The number of nitrogens with one attached hydrogen (secondary N) is 1. The van der Waals surface area contributed by atoms with E-state index in [-0.39, 0.29) is 5.69 Å². The van der Waals surface area contributed by atoms with Gasteiger partial charge in [0, 0.05) is 4.47 Å². The van der Waals surface area contributed by atoms with Crippen LogP contribution in [0, 0.1) is 5.82 Å². The lowest BCUT2D eigenvalue weighted by atomic mass is 10.1. The van der Waals surface area contributed by atoms with Crippen molar-refractivity contribution in [3.63, 3.8) is 0 Å². The number of carbonyl (C=O) groups is 1. The number of rotatable bonds is 4. The molecule has 0 amide bonds. The molecule has 0 fully saturated rings. The van der Waals surface area contributed by atoms with Gasteiger partial charge in [0.15, 0.2) is 6.04 Å². The minimum Gasteiger partial charge on any atom is -0.479 e. The van der Waals surface area contributed by atoms with E-state index in [4.69, 9.17) is 0 Å². The van der Waals surface area contributed by atoms with Crippen LogP contribution in [-0.2, 0) is 4.79 Å². The Morgan fingerprint density at radius 3 is 2.42 bits per heavy atom. The molecule has 2 aromatic rings. The maximum Gasteiger partial charge on any atom is 0.330 e. The van der Waals surface area contributed by atoms with Gasteiger partial charge in [-0.2, -0.15) is 0 Å². The molecule has 2 aromatic carbocycles. The predicted molar refractivity (Wildman–Crippen MR) is 74.5 cm³/mol. The lowest BCUT2D eigenvalue weighted by molar-refractivity contribution is -0.138. The van der Waals surface area contributed by atoms with E-state index in [1.165, 1.54) is 6.07 Å². The number of para-hydroxylation sites is 1. The van der Waals surface area contributed by atoms with Crippen LogP contribution >= 0.6 is 15.9 Å². The SMILES string of the molecule is O=C(O)C(Nc1c(F)cccc1Br)c1ccccc1. The predicted octanol–water partition coefficient (Wildman–Crippen LogP) is 3.83. The summed E-state index contributed by atoms with van der Waals surface area (Å²) in [7, 11) is 0. The van der Waals surface area contributed by atoms with E-state index in [0.29, 0.717) is 10.0 Å². The molecule has 0 aliphatic heterocycles. The van der Waals surface area contributed by atoms with Crippen LogP contribution in [0.3, 0.4) is 0 Å². The number of hydrogen-bond acceptors (Lipinski definition) is 2. The molecule has 0 aliphatic rings. The fourth-order valence-electron chi connectivity index (χ4n) is 1.71. The van der Waals surface area contributed by atoms with Gasteiger partial charge < -0.3 is 10.4 Å². The minimum atomic E-state index is -1.07. The van der Waals surface area contributed by atoms with Gasteiger partial charge in [-0.05, 0) is 33.6 Å². The molecule has 0 spiro atoms. The second-order valence-corrected chi connectivity index (χ2v) is 4.78. The van der Waals surface area contributed by atoms with Gasteiger partial charge in [0.25, 0.3) is 0 Å². The average molecular weight is 324 g/mol. The van der Waals surface area contributed by atoms with Crippen LogP contribution < -0.4 is 5.32 Å². The summed E-state index contributed by atoms with van der Waals surface area (Å²) < 4.78 is 14.2. The fourth-order valence-corrected chi connectivity index (χ4v) is 2.17. The van der Waals surface area contributed by atoms with Crippen LogP contribution in [0.2, 0.25) is 0 Å². The molecule has 0 saturated heterocycles. The molecule has 0 bridgehead atoms. The van der Waals surface area contributed by atoms with Gasteiger partial charge in [-0.25, -0.2) is 9.18 Å². The number of anilines is 1. The van der Waals surface area contributed by atoms with Crippen molar-refractivity contribution < 1.29 is 14.3 Å². The molecule has 0 aliphatic carbocycles. The topological polar surface area (TPSA) is 49.3 Å². The summed E-state index contributed by atoms with van der Waals surface area (Å²) in [4.78, 5) is 11.3. The van der Waals surface area contributed by atoms with Gasteiger partial charge in [-0.15, -0.1) is 0 Å². The first kappa shape index (κ1) is 13.5. The van der Waals surface area contributed by atoms with Gasteiger partial charge in [0.2, 0.25) is 0 Å². The minimum absolute atomic E-state index is 0.138. The standard InChI is InChI=1S/C14H11BrFNO2/c15-10-7-4-8-11(16)13(10)17-12(14(18)19)9-5-2-1-3-6-9/h1-8,12,17H,(H,18,19). The highest BCUT2D eigenvalue weighted by molar-refractivity contribution is 9.10. The van der Waals surface area contributed by atoms with E-state index in [9.17, 15) is 14.3 Å². The molecule has 2 rings (SSSR count). The maximum atomic E-state index is 13.7. The fraction of sp³-hybridized carbons (Fsp3) is 0.0714. The molecule has 19 heavy (non-hydrogen) atoms. The molecule has 0 heterocycles. The lowest BCUT2D eigenvalue weighted by Gasteiger charge is -2.17. The van der Waals surface area contributed by atoms with Crippen LogP contribution in [0.15, 0.2) is 53.0 Å². The van der Waals surface area contributed by atoms with E-state index in [1.807, 2.05) is 0 Å². The molecule has 0 aromatic heterocycles. The number of carboxylic acid groups (broad SMARTS) is 1. The third-order valence-corrected chi connectivity index (χ3v) is 3.29. The number of hydrogen-bond donors (Lipinski definition) is 2. The van der Waals surface area contributed by atoms with Gasteiger partial charge in [-0.3, -0.25) is 0 Å². The summed E-state index contributed by atoms with van der Waals surface area (Å²) >= 11 is 3.20. The van der Waals surface area contributed by atoms with E-state index >= 15 is 0 Å². The zero-order chi connectivity index (χ0) is 13.8. The summed E-state index contributed by atoms with van der Waals surface area (Å²) in [6.45, 7) is 0. The molecular formula is C14H11BrFNO2. The van der Waals surface area contributed by atoms with E-state index in [2.05, 4.69) is 21.2 Å². The highest BCUT2D eigenvalue weighted by Crippen LogP contribution is 2.29.